The fourth-order valence-corrected chi connectivity index (χ4v) is 2.75. The molecule has 1 heterocycles. The van der Waals surface area contributed by atoms with Gasteiger partial charge in [0.25, 0.3) is 0 Å². The maximum atomic E-state index is 13.5. The lowest BCUT2D eigenvalue weighted by atomic mass is 10.1. The summed E-state index contributed by atoms with van der Waals surface area (Å²) in [6.07, 6.45) is 0. The van der Waals surface area contributed by atoms with Gasteiger partial charge in [0.1, 0.15) is 11.9 Å². The number of nitrogens with one attached hydrogen (secondary N) is 1. The minimum absolute atomic E-state index is 0.149. The van der Waals surface area contributed by atoms with Crippen LogP contribution in [0.3, 0.4) is 0 Å². The fraction of sp³-hybridized carbons (Fsp3) is 0.444. The molecule has 1 aromatic carbocycles. The van der Waals surface area contributed by atoms with Gasteiger partial charge in [-0.15, -0.1) is 0 Å². The number of amides is 1. The van der Waals surface area contributed by atoms with Crippen molar-refractivity contribution in [2.45, 2.75) is 33.4 Å². The highest BCUT2D eigenvalue weighted by Gasteiger charge is 2.23. The van der Waals surface area contributed by atoms with Crippen molar-refractivity contribution in [3.05, 3.63) is 52.6 Å². The van der Waals surface area contributed by atoms with Gasteiger partial charge in [-0.1, -0.05) is 12.1 Å². The van der Waals surface area contributed by atoms with Crippen molar-refractivity contribution in [2.75, 3.05) is 20.6 Å². The molecular formula is C18H25FN4O. The summed E-state index contributed by atoms with van der Waals surface area (Å²) in [5.74, 6) is -0.492. The molecule has 2 rings (SSSR count). The van der Waals surface area contributed by atoms with E-state index >= 15 is 0 Å². The van der Waals surface area contributed by atoms with E-state index in [1.807, 2.05) is 25.5 Å². The second kappa shape index (κ2) is 7.57. The Balaban J connectivity index is 2.02. The van der Waals surface area contributed by atoms with Crippen molar-refractivity contribution in [3.8, 4) is 0 Å². The number of benzene rings is 1. The van der Waals surface area contributed by atoms with Gasteiger partial charge in [-0.2, -0.15) is 5.10 Å². The number of rotatable bonds is 6. The maximum Gasteiger partial charge on any atom is 0.242 e. The molecule has 5 nitrogen and oxygen atoms in total. The van der Waals surface area contributed by atoms with Crippen LogP contribution in [-0.2, 0) is 11.3 Å². The highest BCUT2D eigenvalue weighted by atomic mass is 19.1. The van der Waals surface area contributed by atoms with Crippen LogP contribution < -0.4 is 5.32 Å². The number of hydrogen-bond donors (Lipinski definition) is 1. The molecule has 0 aliphatic carbocycles. The Morgan fingerprint density at radius 3 is 2.58 bits per heavy atom. The molecule has 0 saturated carbocycles. The predicted molar refractivity (Wildman–Crippen MR) is 92.3 cm³/mol. The standard InChI is InChI=1S/C18H25FN4O/c1-12-13(2)21-23(14(12)3)10-9-20-18(24)17(22(4)5)15-7-6-8-16(19)11-15/h6-8,11,17H,9-10H2,1-5H3,(H,20,24)/t17-/m0/s1. The molecule has 0 saturated heterocycles. The van der Waals surface area contributed by atoms with Crippen LogP contribution in [0, 0.1) is 26.6 Å². The first-order valence-electron chi connectivity index (χ1n) is 8.01. The molecule has 0 aliphatic heterocycles. The molecule has 0 unspecified atom stereocenters. The summed E-state index contributed by atoms with van der Waals surface area (Å²) in [6.45, 7) is 7.12. The largest absolute Gasteiger partial charge is 0.353 e. The van der Waals surface area contributed by atoms with E-state index in [-0.39, 0.29) is 11.7 Å². The van der Waals surface area contributed by atoms with E-state index in [1.54, 1.807) is 31.1 Å². The number of halogens is 1. The van der Waals surface area contributed by atoms with Gasteiger partial charge >= 0.3 is 0 Å². The molecule has 0 fully saturated rings. The average Bonchev–Trinajstić information content (AvgIpc) is 2.74. The van der Waals surface area contributed by atoms with E-state index < -0.39 is 6.04 Å². The topological polar surface area (TPSA) is 50.2 Å². The van der Waals surface area contributed by atoms with Crippen molar-refractivity contribution >= 4 is 5.91 Å². The van der Waals surface area contributed by atoms with E-state index in [1.165, 1.54) is 17.7 Å². The van der Waals surface area contributed by atoms with Crippen LogP contribution in [0.1, 0.15) is 28.6 Å². The molecule has 0 spiro atoms. The molecule has 24 heavy (non-hydrogen) atoms. The van der Waals surface area contributed by atoms with E-state index in [4.69, 9.17) is 0 Å². The molecule has 0 radical (unpaired) electrons. The van der Waals surface area contributed by atoms with E-state index in [0.717, 1.165) is 11.4 Å². The van der Waals surface area contributed by atoms with Gasteiger partial charge in [-0.25, -0.2) is 4.39 Å². The molecular weight excluding hydrogens is 307 g/mol. The second-order valence-electron chi connectivity index (χ2n) is 6.23. The van der Waals surface area contributed by atoms with Gasteiger partial charge in [0.2, 0.25) is 5.91 Å². The van der Waals surface area contributed by atoms with E-state index in [9.17, 15) is 9.18 Å². The van der Waals surface area contributed by atoms with Gasteiger partial charge in [-0.3, -0.25) is 14.4 Å². The minimum Gasteiger partial charge on any atom is -0.353 e. The van der Waals surface area contributed by atoms with Crippen LogP contribution in [0.5, 0.6) is 0 Å². The monoisotopic (exact) mass is 332 g/mol. The molecule has 130 valence electrons. The van der Waals surface area contributed by atoms with Crippen LogP contribution >= 0.6 is 0 Å². The molecule has 6 heteroatoms. The Kier molecular flexibility index (Phi) is 5.72. The smallest absolute Gasteiger partial charge is 0.242 e. The zero-order valence-electron chi connectivity index (χ0n) is 14.9. The van der Waals surface area contributed by atoms with Gasteiger partial charge in [-0.05, 0) is 58.1 Å². The van der Waals surface area contributed by atoms with Crippen molar-refractivity contribution < 1.29 is 9.18 Å². The maximum absolute atomic E-state index is 13.5. The van der Waals surface area contributed by atoms with Gasteiger partial charge < -0.3 is 5.32 Å². The van der Waals surface area contributed by atoms with Crippen LogP contribution in [0.15, 0.2) is 24.3 Å². The lowest BCUT2D eigenvalue weighted by Crippen LogP contribution is -2.38. The quantitative estimate of drug-likeness (QED) is 0.883. The number of nitrogens with zero attached hydrogens (tertiary/aromatic N) is 3. The summed E-state index contributed by atoms with van der Waals surface area (Å²) in [6, 6.07) is 5.63. The molecule has 0 bridgehead atoms. The van der Waals surface area contributed by atoms with Crippen molar-refractivity contribution in [1.29, 1.82) is 0 Å². The summed E-state index contributed by atoms with van der Waals surface area (Å²) in [5, 5.41) is 7.38. The van der Waals surface area contributed by atoms with Gasteiger partial charge in [0.15, 0.2) is 0 Å². The Morgan fingerprint density at radius 1 is 1.33 bits per heavy atom. The summed E-state index contributed by atoms with van der Waals surface area (Å²) < 4.78 is 15.4. The summed E-state index contributed by atoms with van der Waals surface area (Å²) >= 11 is 0. The summed E-state index contributed by atoms with van der Waals surface area (Å²) in [5.41, 5.74) is 3.92. The van der Waals surface area contributed by atoms with E-state index in [2.05, 4.69) is 10.4 Å². The summed E-state index contributed by atoms with van der Waals surface area (Å²) in [4.78, 5) is 14.3. The lowest BCUT2D eigenvalue weighted by molar-refractivity contribution is -0.125. The van der Waals surface area contributed by atoms with Gasteiger partial charge in [0.05, 0.1) is 12.2 Å². The highest BCUT2D eigenvalue weighted by molar-refractivity contribution is 5.83. The van der Waals surface area contributed by atoms with Crippen molar-refractivity contribution in [3.63, 3.8) is 0 Å². The first-order chi connectivity index (χ1) is 11.3. The number of likely N-dealkylation sites (N-methyl/N-ethyl adjacent to an activating group) is 1. The zero-order chi connectivity index (χ0) is 17.9. The number of carbonyl (C=O) groups excluding carboxylic acids is 1. The molecule has 1 atom stereocenters. The number of aromatic nitrogens is 2. The minimum atomic E-state index is -0.525. The fourth-order valence-electron chi connectivity index (χ4n) is 2.75. The molecule has 1 amide bonds. The third-order valence-corrected chi connectivity index (χ3v) is 4.30. The van der Waals surface area contributed by atoms with Crippen molar-refractivity contribution in [1.82, 2.24) is 20.0 Å². The number of hydrogen-bond acceptors (Lipinski definition) is 3. The van der Waals surface area contributed by atoms with Crippen LogP contribution in [-0.4, -0.2) is 41.2 Å². The van der Waals surface area contributed by atoms with E-state index in [0.29, 0.717) is 18.7 Å². The first-order valence-corrected chi connectivity index (χ1v) is 8.01. The van der Waals surface area contributed by atoms with Gasteiger partial charge in [0, 0.05) is 12.2 Å². The Morgan fingerprint density at radius 2 is 2.04 bits per heavy atom. The molecule has 2 aromatic rings. The molecule has 1 N–H and O–H groups in total. The SMILES string of the molecule is Cc1nn(CCNC(=O)[C@H](c2cccc(F)c2)N(C)C)c(C)c1C. The number of carbonyl (C=O) groups is 1. The highest BCUT2D eigenvalue weighted by Crippen LogP contribution is 2.19. The normalized spacial score (nSPS) is 12.5. The molecule has 0 aliphatic rings. The third kappa shape index (κ3) is 4.00. The number of aryl methyl sites for hydroxylation is 1. The predicted octanol–water partition coefficient (Wildman–Crippen LogP) is 2.37. The Hall–Kier alpha value is -2.21. The van der Waals surface area contributed by atoms with Crippen molar-refractivity contribution in [2.24, 2.45) is 0 Å². The zero-order valence-corrected chi connectivity index (χ0v) is 14.9. The van der Waals surface area contributed by atoms with Crippen LogP contribution in [0.4, 0.5) is 4.39 Å². The Labute approximate surface area is 142 Å². The third-order valence-electron chi connectivity index (χ3n) is 4.30. The first kappa shape index (κ1) is 18.1. The molecule has 1 aromatic heterocycles. The summed E-state index contributed by atoms with van der Waals surface area (Å²) in [7, 11) is 3.61. The average molecular weight is 332 g/mol. The second-order valence-corrected chi connectivity index (χ2v) is 6.23. The Bertz CT molecular complexity index is 724. The van der Waals surface area contributed by atoms with Crippen LogP contribution in [0.25, 0.3) is 0 Å². The van der Waals surface area contributed by atoms with Crippen LogP contribution in [0.2, 0.25) is 0 Å². The lowest BCUT2D eigenvalue weighted by Gasteiger charge is -2.24.